The maximum absolute atomic E-state index is 11.7. The minimum absolute atomic E-state index is 0. The van der Waals surface area contributed by atoms with Gasteiger partial charge in [-0.3, -0.25) is 4.79 Å². The van der Waals surface area contributed by atoms with Crippen molar-refractivity contribution < 1.29 is 11.0 Å². The van der Waals surface area contributed by atoms with Crippen LogP contribution >= 0.6 is 0 Å². The zero-order valence-corrected chi connectivity index (χ0v) is 11.8. The van der Waals surface area contributed by atoms with Crippen LogP contribution in [-0.4, -0.2) is 12.6 Å². The van der Waals surface area contributed by atoms with Crippen LogP contribution in [0.5, 0.6) is 0 Å². The minimum Gasteiger partial charge on any atom is -0.464 e. The molecule has 0 aliphatic heterocycles. The summed E-state index contributed by atoms with van der Waals surface area (Å²) < 4.78 is 5.46. The third-order valence-corrected chi connectivity index (χ3v) is 3.83. The fourth-order valence-corrected chi connectivity index (χ4v) is 2.77. The molecule has 0 aromatic heterocycles. The van der Waals surface area contributed by atoms with Crippen LogP contribution in [0.3, 0.4) is 0 Å². The van der Waals surface area contributed by atoms with Crippen molar-refractivity contribution in [2.45, 2.75) is 19.8 Å². The molecule has 20 heavy (non-hydrogen) atoms. The molecule has 2 heteroatoms. The molecule has 3 rings (SSSR count). The van der Waals surface area contributed by atoms with Crippen LogP contribution in [0.15, 0.2) is 48.5 Å². The van der Waals surface area contributed by atoms with Crippen LogP contribution in [0.4, 0.5) is 0 Å². The first-order chi connectivity index (χ1) is 9.68. The molecule has 2 aromatic carbocycles. The Kier molecular flexibility index (Phi) is 3.31. The van der Waals surface area contributed by atoms with Crippen molar-refractivity contribution >= 4 is 5.97 Å². The number of esters is 1. The predicted molar refractivity (Wildman–Crippen MR) is 81.6 cm³/mol. The summed E-state index contributed by atoms with van der Waals surface area (Å²) >= 11 is 0. The molecule has 1 aliphatic rings. The summed E-state index contributed by atoms with van der Waals surface area (Å²) in [6.45, 7) is 4.14. The van der Waals surface area contributed by atoms with Gasteiger partial charge in [-0.15, -0.1) is 0 Å². The van der Waals surface area contributed by atoms with Crippen molar-refractivity contribution in [3.05, 3.63) is 59.7 Å². The van der Waals surface area contributed by atoms with E-state index in [1.807, 2.05) is 26.0 Å². The average Bonchev–Trinajstić information content (AvgIpc) is 2.79. The molecule has 2 nitrogen and oxygen atoms in total. The molecule has 0 saturated heterocycles. The van der Waals surface area contributed by atoms with Crippen LogP contribution in [-0.2, 0) is 9.53 Å². The number of carbonyl (C=O) groups is 1. The van der Waals surface area contributed by atoms with Gasteiger partial charge >= 0.3 is 5.97 Å². The fraction of sp³-hybridized carbons (Fsp3) is 0.278. The number of hydrogen-bond acceptors (Lipinski definition) is 2. The van der Waals surface area contributed by atoms with E-state index in [-0.39, 0.29) is 19.2 Å². The SMILES string of the molecule is CC(C)C(=O)OCC1c2ccccc2-c2ccccc21.[HH]. The topological polar surface area (TPSA) is 26.3 Å². The normalized spacial score (nSPS) is 13.2. The van der Waals surface area contributed by atoms with Crippen molar-refractivity contribution in [1.29, 1.82) is 0 Å². The highest BCUT2D eigenvalue weighted by molar-refractivity contribution is 5.79. The van der Waals surface area contributed by atoms with Gasteiger partial charge < -0.3 is 4.74 Å². The molecule has 0 heterocycles. The van der Waals surface area contributed by atoms with Gasteiger partial charge in [-0.05, 0) is 22.3 Å². The van der Waals surface area contributed by atoms with E-state index in [1.165, 1.54) is 22.3 Å². The summed E-state index contributed by atoms with van der Waals surface area (Å²) in [5.41, 5.74) is 5.03. The van der Waals surface area contributed by atoms with Gasteiger partial charge in [-0.25, -0.2) is 0 Å². The second-order valence-corrected chi connectivity index (χ2v) is 5.51. The molecule has 0 atom stereocenters. The molecule has 0 saturated carbocycles. The molecule has 1 aliphatic carbocycles. The van der Waals surface area contributed by atoms with Crippen molar-refractivity contribution in [2.24, 2.45) is 5.92 Å². The molecular formula is C18H20O2. The first-order valence-electron chi connectivity index (χ1n) is 7.03. The Bertz CT molecular complexity index is 604. The van der Waals surface area contributed by atoms with Gasteiger partial charge in [0.15, 0.2) is 0 Å². The minimum atomic E-state index is -0.133. The van der Waals surface area contributed by atoms with Crippen molar-refractivity contribution in [3.8, 4) is 11.1 Å². The molecule has 0 spiro atoms. The summed E-state index contributed by atoms with van der Waals surface area (Å²) in [4.78, 5) is 11.7. The molecular weight excluding hydrogens is 248 g/mol. The number of fused-ring (bicyclic) bond motifs is 3. The number of hydrogen-bond donors (Lipinski definition) is 0. The average molecular weight is 268 g/mol. The Morgan fingerprint density at radius 1 is 1.05 bits per heavy atom. The van der Waals surface area contributed by atoms with Gasteiger partial charge in [-0.1, -0.05) is 62.4 Å². The quantitative estimate of drug-likeness (QED) is 0.778. The van der Waals surface area contributed by atoms with E-state index in [0.29, 0.717) is 6.61 Å². The summed E-state index contributed by atoms with van der Waals surface area (Å²) in [5, 5.41) is 0. The van der Waals surface area contributed by atoms with Crippen LogP contribution in [0.25, 0.3) is 11.1 Å². The Hall–Kier alpha value is -2.09. The predicted octanol–water partition coefficient (Wildman–Crippen LogP) is 4.24. The van der Waals surface area contributed by atoms with Crippen LogP contribution < -0.4 is 0 Å². The van der Waals surface area contributed by atoms with E-state index in [2.05, 4.69) is 36.4 Å². The first-order valence-corrected chi connectivity index (χ1v) is 7.03. The number of carbonyl (C=O) groups excluding carboxylic acids is 1. The van der Waals surface area contributed by atoms with Crippen molar-refractivity contribution in [1.82, 2.24) is 0 Å². The molecule has 2 aromatic rings. The highest BCUT2D eigenvalue weighted by atomic mass is 16.5. The number of benzene rings is 2. The zero-order chi connectivity index (χ0) is 14.1. The first kappa shape index (κ1) is 12.9. The van der Waals surface area contributed by atoms with Crippen LogP contribution in [0.2, 0.25) is 0 Å². The summed E-state index contributed by atoms with van der Waals surface area (Å²) in [7, 11) is 0. The summed E-state index contributed by atoms with van der Waals surface area (Å²) in [6.07, 6.45) is 0. The van der Waals surface area contributed by atoms with Gasteiger partial charge in [0.25, 0.3) is 0 Å². The van der Waals surface area contributed by atoms with Gasteiger partial charge in [0, 0.05) is 7.34 Å². The lowest BCUT2D eigenvalue weighted by molar-refractivity contribution is -0.147. The van der Waals surface area contributed by atoms with Crippen molar-refractivity contribution in [3.63, 3.8) is 0 Å². The molecule has 0 radical (unpaired) electrons. The van der Waals surface area contributed by atoms with E-state index in [0.717, 1.165) is 0 Å². The van der Waals surface area contributed by atoms with E-state index in [1.54, 1.807) is 0 Å². The standard InChI is InChI=1S/C18H18O2.H2/c1-12(2)18(19)20-11-17-15-9-5-3-7-13(15)14-8-4-6-10-16(14)17;/h3-10,12,17H,11H2,1-2H3;1H. The van der Waals surface area contributed by atoms with Gasteiger partial charge in [0.2, 0.25) is 0 Å². The maximum atomic E-state index is 11.7. The Morgan fingerprint density at radius 2 is 1.55 bits per heavy atom. The molecule has 0 fully saturated rings. The van der Waals surface area contributed by atoms with E-state index in [9.17, 15) is 4.79 Å². The lowest BCUT2D eigenvalue weighted by Crippen LogP contribution is -2.16. The lowest BCUT2D eigenvalue weighted by atomic mass is 9.98. The molecule has 0 unspecified atom stereocenters. The molecule has 0 N–H and O–H groups in total. The zero-order valence-electron chi connectivity index (χ0n) is 11.8. The highest BCUT2D eigenvalue weighted by Crippen LogP contribution is 2.44. The number of ether oxygens (including phenoxy) is 1. The molecule has 104 valence electrons. The third-order valence-electron chi connectivity index (χ3n) is 3.83. The smallest absolute Gasteiger partial charge is 0.308 e. The second kappa shape index (κ2) is 5.12. The summed E-state index contributed by atoms with van der Waals surface area (Å²) in [6, 6.07) is 16.7. The van der Waals surface area contributed by atoms with E-state index in [4.69, 9.17) is 4.74 Å². The second-order valence-electron chi connectivity index (χ2n) is 5.51. The third kappa shape index (κ3) is 2.11. The largest absolute Gasteiger partial charge is 0.464 e. The maximum Gasteiger partial charge on any atom is 0.308 e. The van der Waals surface area contributed by atoms with Crippen molar-refractivity contribution in [2.75, 3.05) is 6.61 Å². The molecule has 0 amide bonds. The summed E-state index contributed by atoms with van der Waals surface area (Å²) in [5.74, 6) is -0.0566. The monoisotopic (exact) mass is 268 g/mol. The number of rotatable bonds is 3. The van der Waals surface area contributed by atoms with E-state index >= 15 is 0 Å². The van der Waals surface area contributed by atoms with Gasteiger partial charge in [0.05, 0.1) is 5.92 Å². The van der Waals surface area contributed by atoms with Gasteiger partial charge in [0.1, 0.15) is 6.61 Å². The fourth-order valence-electron chi connectivity index (χ4n) is 2.77. The van der Waals surface area contributed by atoms with Crippen LogP contribution in [0.1, 0.15) is 32.3 Å². The highest BCUT2D eigenvalue weighted by Gasteiger charge is 2.29. The Labute approximate surface area is 120 Å². The lowest BCUT2D eigenvalue weighted by Gasteiger charge is -2.15. The van der Waals surface area contributed by atoms with E-state index < -0.39 is 0 Å². The Balaban J connectivity index is 0.00000161. The van der Waals surface area contributed by atoms with Crippen LogP contribution in [0, 0.1) is 5.92 Å². The molecule has 0 bridgehead atoms. The Morgan fingerprint density at radius 3 is 2.05 bits per heavy atom. The van der Waals surface area contributed by atoms with Gasteiger partial charge in [-0.2, -0.15) is 0 Å².